The SMILES string of the molecule is N[C@@H]1[C@@H](O)[C@H](O)[C@@H](COS(=O)(=O)O)O[C@H]1O. The molecule has 9 nitrogen and oxygen atoms in total. The van der Waals surface area contributed by atoms with Crippen molar-refractivity contribution in [2.45, 2.75) is 30.6 Å². The minimum absolute atomic E-state index is 0.749. The van der Waals surface area contributed by atoms with E-state index in [1.54, 1.807) is 0 Å². The van der Waals surface area contributed by atoms with E-state index in [4.69, 9.17) is 15.0 Å². The molecule has 5 atom stereocenters. The average Bonchev–Trinajstić information content (AvgIpc) is 2.17. The topological polar surface area (TPSA) is 160 Å². The monoisotopic (exact) mass is 259 g/mol. The van der Waals surface area contributed by atoms with Gasteiger partial charge in [0.1, 0.15) is 18.3 Å². The highest BCUT2D eigenvalue weighted by molar-refractivity contribution is 7.80. The molecule has 96 valence electrons. The lowest BCUT2D eigenvalue weighted by molar-refractivity contribution is -0.247. The van der Waals surface area contributed by atoms with E-state index >= 15 is 0 Å². The molecule has 0 aromatic heterocycles. The fourth-order valence-electron chi connectivity index (χ4n) is 1.26. The Balaban J connectivity index is 2.61. The smallest absolute Gasteiger partial charge is 0.388 e. The zero-order valence-corrected chi connectivity index (χ0v) is 8.82. The highest BCUT2D eigenvalue weighted by Crippen LogP contribution is 2.19. The number of aliphatic hydroxyl groups is 3. The van der Waals surface area contributed by atoms with E-state index in [2.05, 4.69) is 4.18 Å². The first-order valence-electron chi connectivity index (χ1n) is 4.29. The van der Waals surface area contributed by atoms with Crippen molar-refractivity contribution in [2.75, 3.05) is 6.61 Å². The van der Waals surface area contributed by atoms with E-state index in [0.717, 1.165) is 0 Å². The van der Waals surface area contributed by atoms with Crippen molar-refractivity contribution in [1.82, 2.24) is 0 Å². The van der Waals surface area contributed by atoms with Gasteiger partial charge in [-0.25, -0.2) is 4.18 Å². The van der Waals surface area contributed by atoms with Crippen LogP contribution in [0, 0.1) is 0 Å². The van der Waals surface area contributed by atoms with Crippen molar-refractivity contribution in [3.05, 3.63) is 0 Å². The predicted octanol–water partition coefficient (Wildman–Crippen LogP) is -3.43. The van der Waals surface area contributed by atoms with Gasteiger partial charge in [-0.15, -0.1) is 0 Å². The molecule has 0 radical (unpaired) electrons. The third-order valence-electron chi connectivity index (χ3n) is 2.15. The van der Waals surface area contributed by atoms with Crippen molar-refractivity contribution < 1.29 is 37.2 Å². The van der Waals surface area contributed by atoms with Crippen LogP contribution in [0.5, 0.6) is 0 Å². The van der Waals surface area contributed by atoms with Gasteiger partial charge in [-0.3, -0.25) is 4.55 Å². The zero-order chi connectivity index (χ0) is 12.5. The first-order chi connectivity index (χ1) is 7.22. The van der Waals surface area contributed by atoms with Crippen LogP contribution in [0.4, 0.5) is 0 Å². The summed E-state index contributed by atoms with van der Waals surface area (Å²) in [6, 6.07) is -1.21. The van der Waals surface area contributed by atoms with Gasteiger partial charge >= 0.3 is 10.4 Å². The maximum absolute atomic E-state index is 10.3. The molecule has 0 saturated carbocycles. The molecular weight excluding hydrogens is 246 g/mol. The Morgan fingerprint density at radius 1 is 1.25 bits per heavy atom. The molecule has 6 N–H and O–H groups in total. The van der Waals surface area contributed by atoms with Gasteiger partial charge in [0, 0.05) is 0 Å². The maximum atomic E-state index is 10.3. The van der Waals surface area contributed by atoms with E-state index in [0.29, 0.717) is 0 Å². The van der Waals surface area contributed by atoms with Crippen LogP contribution in [0.3, 0.4) is 0 Å². The van der Waals surface area contributed by atoms with Crippen molar-refractivity contribution >= 4 is 10.4 Å². The Kier molecular flexibility index (Phi) is 4.20. The molecule has 0 spiro atoms. The van der Waals surface area contributed by atoms with Gasteiger partial charge < -0.3 is 25.8 Å². The molecule has 0 aromatic rings. The molecule has 1 aliphatic rings. The molecular formula is C6H13NO8S. The van der Waals surface area contributed by atoms with E-state index in [1.165, 1.54) is 0 Å². The summed E-state index contributed by atoms with van der Waals surface area (Å²) in [4.78, 5) is 0. The van der Waals surface area contributed by atoms with E-state index in [-0.39, 0.29) is 0 Å². The minimum Gasteiger partial charge on any atom is -0.388 e. The Hall–Kier alpha value is -0.330. The lowest BCUT2D eigenvalue weighted by Crippen LogP contribution is -2.62. The number of nitrogens with two attached hydrogens (primary N) is 1. The summed E-state index contributed by atoms with van der Waals surface area (Å²) in [5.41, 5.74) is 5.26. The Morgan fingerprint density at radius 2 is 1.81 bits per heavy atom. The van der Waals surface area contributed by atoms with Crippen LogP contribution < -0.4 is 5.73 Å². The van der Waals surface area contributed by atoms with Crippen LogP contribution in [0.2, 0.25) is 0 Å². The lowest BCUT2D eigenvalue weighted by atomic mass is 9.98. The lowest BCUT2D eigenvalue weighted by Gasteiger charge is -2.38. The summed E-state index contributed by atoms with van der Waals surface area (Å²) in [6.07, 6.45) is -5.89. The highest BCUT2D eigenvalue weighted by atomic mass is 32.3. The first-order valence-corrected chi connectivity index (χ1v) is 5.66. The molecule has 1 rings (SSSR count). The third-order valence-corrected chi connectivity index (χ3v) is 2.58. The van der Waals surface area contributed by atoms with Gasteiger partial charge in [0.2, 0.25) is 0 Å². The summed E-state index contributed by atoms with van der Waals surface area (Å²) in [7, 11) is -4.68. The molecule has 16 heavy (non-hydrogen) atoms. The zero-order valence-electron chi connectivity index (χ0n) is 8.00. The summed E-state index contributed by atoms with van der Waals surface area (Å²) >= 11 is 0. The minimum atomic E-state index is -4.68. The fraction of sp³-hybridized carbons (Fsp3) is 1.00. The highest BCUT2D eigenvalue weighted by Gasteiger charge is 2.42. The second-order valence-corrected chi connectivity index (χ2v) is 4.43. The van der Waals surface area contributed by atoms with Gasteiger partial charge in [0.05, 0.1) is 12.6 Å². The number of ether oxygens (including phenoxy) is 1. The molecule has 10 heteroatoms. The van der Waals surface area contributed by atoms with E-state index in [9.17, 15) is 23.7 Å². The predicted molar refractivity (Wildman–Crippen MR) is 48.4 cm³/mol. The number of hydrogen-bond donors (Lipinski definition) is 5. The quantitative estimate of drug-likeness (QED) is 0.325. The van der Waals surface area contributed by atoms with Crippen LogP contribution in [0.1, 0.15) is 0 Å². The van der Waals surface area contributed by atoms with Gasteiger partial charge in [0.15, 0.2) is 6.29 Å². The van der Waals surface area contributed by atoms with E-state index in [1.807, 2.05) is 0 Å². The average molecular weight is 259 g/mol. The molecule has 0 aliphatic carbocycles. The second kappa shape index (κ2) is 4.89. The summed E-state index contributed by atoms with van der Waals surface area (Å²) in [5.74, 6) is 0. The Labute approximate surface area is 91.3 Å². The largest absolute Gasteiger partial charge is 0.397 e. The van der Waals surface area contributed by atoms with Crippen LogP contribution in [0.25, 0.3) is 0 Å². The number of hydrogen-bond acceptors (Lipinski definition) is 8. The second-order valence-electron chi connectivity index (χ2n) is 3.34. The fourth-order valence-corrected chi connectivity index (χ4v) is 1.56. The van der Waals surface area contributed by atoms with Crippen LogP contribution in [-0.4, -0.2) is 65.5 Å². The molecule has 0 aromatic carbocycles. The van der Waals surface area contributed by atoms with Gasteiger partial charge in [-0.05, 0) is 0 Å². The first kappa shape index (κ1) is 13.7. The van der Waals surface area contributed by atoms with Crippen molar-refractivity contribution in [3.63, 3.8) is 0 Å². The Morgan fingerprint density at radius 3 is 2.31 bits per heavy atom. The van der Waals surface area contributed by atoms with Crippen LogP contribution in [-0.2, 0) is 19.3 Å². The standard InChI is InChI=1S/C6H13NO8S/c7-3-5(9)4(8)2(15-6(3)10)1-14-16(11,12)13/h2-6,8-10H,1,7H2,(H,11,12,13)/t2-,3-,4-,5-,6-/m1/s1. The Bertz CT molecular complexity index is 331. The van der Waals surface area contributed by atoms with Crippen LogP contribution in [0.15, 0.2) is 0 Å². The number of rotatable bonds is 3. The van der Waals surface area contributed by atoms with Gasteiger partial charge in [0.25, 0.3) is 0 Å². The molecule has 0 unspecified atom stereocenters. The van der Waals surface area contributed by atoms with Crippen molar-refractivity contribution in [3.8, 4) is 0 Å². The summed E-state index contributed by atoms with van der Waals surface area (Å²) in [6.45, 7) is -0.749. The third kappa shape index (κ3) is 3.33. The maximum Gasteiger partial charge on any atom is 0.397 e. The summed E-state index contributed by atoms with van der Waals surface area (Å²) < 4.78 is 37.4. The molecule has 1 heterocycles. The molecule has 0 amide bonds. The van der Waals surface area contributed by atoms with Crippen molar-refractivity contribution in [1.29, 1.82) is 0 Å². The molecule has 0 bridgehead atoms. The van der Waals surface area contributed by atoms with Crippen molar-refractivity contribution in [2.24, 2.45) is 5.73 Å². The number of aliphatic hydroxyl groups excluding tert-OH is 3. The van der Waals surface area contributed by atoms with E-state index < -0.39 is 47.6 Å². The van der Waals surface area contributed by atoms with Gasteiger partial charge in [-0.2, -0.15) is 8.42 Å². The molecule has 1 fully saturated rings. The normalized spacial score (nSPS) is 40.9. The summed E-state index contributed by atoms with van der Waals surface area (Å²) in [5, 5.41) is 27.9. The van der Waals surface area contributed by atoms with Gasteiger partial charge in [-0.1, -0.05) is 0 Å². The molecule has 1 aliphatic heterocycles. The molecule has 1 saturated heterocycles. The van der Waals surface area contributed by atoms with Crippen LogP contribution >= 0.6 is 0 Å².